The topological polar surface area (TPSA) is 29.1 Å². The Morgan fingerprint density at radius 1 is 1.11 bits per heavy atom. The monoisotopic (exact) mass is 259 g/mol. The lowest BCUT2D eigenvalue weighted by Gasteiger charge is -2.22. The summed E-state index contributed by atoms with van der Waals surface area (Å²) in [6.45, 7) is 2.26. The zero-order chi connectivity index (χ0) is 13.3. The van der Waals surface area contributed by atoms with Crippen LogP contribution in [0.15, 0.2) is 30.3 Å². The van der Waals surface area contributed by atoms with Crippen LogP contribution in [0, 0.1) is 5.92 Å². The lowest BCUT2D eigenvalue weighted by molar-refractivity contribution is -0.119. The van der Waals surface area contributed by atoms with E-state index in [4.69, 9.17) is 0 Å². The van der Waals surface area contributed by atoms with Crippen molar-refractivity contribution in [3.8, 4) is 0 Å². The van der Waals surface area contributed by atoms with Crippen LogP contribution < -0.4 is 5.32 Å². The molecule has 0 aromatic heterocycles. The molecular formula is C17H25NO. The third kappa shape index (κ3) is 5.56. The number of Topliss-reactive ketones (excluding diaryl/α,β-unsaturated/α-hetero) is 1. The summed E-state index contributed by atoms with van der Waals surface area (Å²) >= 11 is 0. The summed E-state index contributed by atoms with van der Waals surface area (Å²) in [7, 11) is 0. The van der Waals surface area contributed by atoms with Crippen molar-refractivity contribution in [3.63, 3.8) is 0 Å². The van der Waals surface area contributed by atoms with Crippen LogP contribution in [0.2, 0.25) is 0 Å². The van der Waals surface area contributed by atoms with E-state index < -0.39 is 0 Å². The van der Waals surface area contributed by atoms with Crippen LogP contribution in [0.4, 0.5) is 0 Å². The molecule has 1 aliphatic heterocycles. The molecule has 0 amide bonds. The molecule has 1 aromatic carbocycles. The third-order valence-corrected chi connectivity index (χ3v) is 4.05. The highest BCUT2D eigenvalue weighted by molar-refractivity contribution is 5.78. The Morgan fingerprint density at radius 3 is 2.58 bits per heavy atom. The zero-order valence-electron chi connectivity index (χ0n) is 11.7. The Hall–Kier alpha value is -1.15. The fourth-order valence-corrected chi connectivity index (χ4v) is 2.79. The molecule has 1 fully saturated rings. The van der Waals surface area contributed by atoms with Gasteiger partial charge in [-0.2, -0.15) is 0 Å². The Bertz CT molecular complexity index is 368. The van der Waals surface area contributed by atoms with Gasteiger partial charge in [0.1, 0.15) is 5.78 Å². The Labute approximate surface area is 116 Å². The van der Waals surface area contributed by atoms with Crippen molar-refractivity contribution in [2.24, 2.45) is 5.92 Å². The van der Waals surface area contributed by atoms with E-state index in [0.29, 0.717) is 5.78 Å². The van der Waals surface area contributed by atoms with Crippen molar-refractivity contribution in [1.82, 2.24) is 5.32 Å². The van der Waals surface area contributed by atoms with E-state index in [1.165, 1.54) is 18.4 Å². The van der Waals surface area contributed by atoms with Crippen molar-refractivity contribution < 1.29 is 4.79 Å². The van der Waals surface area contributed by atoms with Gasteiger partial charge in [-0.3, -0.25) is 4.79 Å². The Balaban J connectivity index is 1.57. The molecule has 2 rings (SSSR count). The number of carbonyl (C=O) groups excluding carboxylic acids is 1. The Morgan fingerprint density at radius 2 is 1.84 bits per heavy atom. The van der Waals surface area contributed by atoms with Gasteiger partial charge in [0.05, 0.1) is 0 Å². The minimum Gasteiger partial charge on any atom is -0.317 e. The van der Waals surface area contributed by atoms with E-state index in [1.54, 1.807) is 0 Å². The molecule has 0 atom stereocenters. The second-order valence-corrected chi connectivity index (χ2v) is 5.61. The number of nitrogens with one attached hydrogen (secondary N) is 1. The fourth-order valence-electron chi connectivity index (χ4n) is 2.79. The van der Waals surface area contributed by atoms with E-state index in [1.807, 2.05) is 6.07 Å². The average molecular weight is 259 g/mol. The molecule has 2 heteroatoms. The summed E-state index contributed by atoms with van der Waals surface area (Å²) < 4.78 is 0. The number of aryl methyl sites for hydroxylation is 1. The molecule has 19 heavy (non-hydrogen) atoms. The smallest absolute Gasteiger partial charge is 0.132 e. The maximum absolute atomic E-state index is 11.9. The maximum atomic E-state index is 11.9. The standard InChI is InChI=1S/C17H25NO/c19-17(10-9-16-11-13-18-14-12-16)8-4-7-15-5-2-1-3-6-15/h1-3,5-6,16,18H,4,7-14H2. The van der Waals surface area contributed by atoms with Gasteiger partial charge in [-0.1, -0.05) is 30.3 Å². The molecule has 104 valence electrons. The molecule has 0 unspecified atom stereocenters. The predicted octanol–water partition coefficient (Wildman–Crippen LogP) is 3.36. The van der Waals surface area contributed by atoms with Crippen LogP contribution in [-0.2, 0) is 11.2 Å². The van der Waals surface area contributed by atoms with Crippen molar-refractivity contribution in [2.75, 3.05) is 13.1 Å². The van der Waals surface area contributed by atoms with Gasteiger partial charge in [-0.25, -0.2) is 0 Å². The van der Waals surface area contributed by atoms with Crippen LogP contribution in [0.5, 0.6) is 0 Å². The first-order valence-corrected chi connectivity index (χ1v) is 7.61. The third-order valence-electron chi connectivity index (χ3n) is 4.05. The number of ketones is 1. The molecular weight excluding hydrogens is 234 g/mol. The number of benzene rings is 1. The van der Waals surface area contributed by atoms with Crippen LogP contribution in [0.1, 0.15) is 44.1 Å². The van der Waals surface area contributed by atoms with Gasteiger partial charge in [0.15, 0.2) is 0 Å². The largest absolute Gasteiger partial charge is 0.317 e. The minimum absolute atomic E-state index is 0.453. The number of piperidine rings is 1. The van der Waals surface area contributed by atoms with Crippen molar-refractivity contribution >= 4 is 5.78 Å². The lowest BCUT2D eigenvalue weighted by Crippen LogP contribution is -2.27. The zero-order valence-corrected chi connectivity index (χ0v) is 11.7. The van der Waals surface area contributed by atoms with Crippen LogP contribution in [0.3, 0.4) is 0 Å². The molecule has 1 saturated heterocycles. The summed E-state index contributed by atoms with van der Waals surface area (Å²) in [6.07, 6.45) is 7.16. The molecule has 1 aromatic rings. The molecule has 1 N–H and O–H groups in total. The quantitative estimate of drug-likeness (QED) is 0.813. The first-order chi connectivity index (χ1) is 9.34. The number of rotatable bonds is 7. The van der Waals surface area contributed by atoms with E-state index in [9.17, 15) is 4.79 Å². The summed E-state index contributed by atoms with van der Waals surface area (Å²) in [4.78, 5) is 11.9. The van der Waals surface area contributed by atoms with Crippen LogP contribution in [0.25, 0.3) is 0 Å². The van der Waals surface area contributed by atoms with Crippen molar-refractivity contribution in [3.05, 3.63) is 35.9 Å². The summed E-state index contributed by atoms with van der Waals surface area (Å²) in [5.74, 6) is 1.23. The van der Waals surface area contributed by atoms with Gasteiger partial charge in [-0.05, 0) is 56.7 Å². The van der Waals surface area contributed by atoms with Gasteiger partial charge >= 0.3 is 0 Å². The molecule has 0 saturated carbocycles. The van der Waals surface area contributed by atoms with Crippen molar-refractivity contribution in [2.45, 2.75) is 44.9 Å². The SMILES string of the molecule is O=C(CCCc1ccccc1)CCC1CCNCC1. The second kappa shape index (κ2) is 8.11. The van der Waals surface area contributed by atoms with Crippen molar-refractivity contribution in [1.29, 1.82) is 0 Å². The second-order valence-electron chi connectivity index (χ2n) is 5.61. The highest BCUT2D eigenvalue weighted by atomic mass is 16.1. The van der Waals surface area contributed by atoms with Gasteiger partial charge in [0, 0.05) is 12.8 Å². The van der Waals surface area contributed by atoms with Gasteiger partial charge < -0.3 is 5.32 Å². The summed E-state index contributed by atoms with van der Waals surface area (Å²) in [5.41, 5.74) is 1.34. The van der Waals surface area contributed by atoms with Crippen LogP contribution >= 0.6 is 0 Å². The highest BCUT2D eigenvalue weighted by Gasteiger charge is 2.14. The fraction of sp³-hybridized carbons (Fsp3) is 0.588. The van der Waals surface area contributed by atoms with E-state index in [2.05, 4.69) is 29.6 Å². The minimum atomic E-state index is 0.453. The predicted molar refractivity (Wildman–Crippen MR) is 79.2 cm³/mol. The van der Waals surface area contributed by atoms with Crippen LogP contribution in [-0.4, -0.2) is 18.9 Å². The van der Waals surface area contributed by atoms with E-state index in [-0.39, 0.29) is 0 Å². The molecule has 0 bridgehead atoms. The molecule has 1 aliphatic rings. The van der Waals surface area contributed by atoms with Gasteiger partial charge in [0.25, 0.3) is 0 Å². The normalized spacial score (nSPS) is 16.4. The molecule has 0 radical (unpaired) electrons. The number of hydrogen-bond acceptors (Lipinski definition) is 2. The lowest BCUT2D eigenvalue weighted by atomic mass is 9.91. The summed E-state index contributed by atoms with van der Waals surface area (Å²) in [5, 5.41) is 3.37. The average Bonchev–Trinajstić information content (AvgIpc) is 2.47. The molecule has 0 spiro atoms. The molecule has 0 aliphatic carbocycles. The highest BCUT2D eigenvalue weighted by Crippen LogP contribution is 2.18. The first kappa shape index (κ1) is 14.3. The van der Waals surface area contributed by atoms with E-state index in [0.717, 1.165) is 51.1 Å². The number of carbonyl (C=O) groups is 1. The summed E-state index contributed by atoms with van der Waals surface area (Å²) in [6, 6.07) is 10.4. The van der Waals surface area contributed by atoms with Gasteiger partial charge in [-0.15, -0.1) is 0 Å². The number of hydrogen-bond donors (Lipinski definition) is 1. The van der Waals surface area contributed by atoms with E-state index >= 15 is 0 Å². The first-order valence-electron chi connectivity index (χ1n) is 7.61. The molecule has 1 heterocycles. The Kier molecular flexibility index (Phi) is 6.09. The molecule has 2 nitrogen and oxygen atoms in total. The maximum Gasteiger partial charge on any atom is 0.132 e. The van der Waals surface area contributed by atoms with Gasteiger partial charge in [0.2, 0.25) is 0 Å².